The Bertz CT molecular complexity index is 464. The minimum atomic E-state index is -0.119. The summed E-state index contributed by atoms with van der Waals surface area (Å²) in [6, 6.07) is 0.394. The molecular weight excluding hydrogens is 252 g/mol. The zero-order chi connectivity index (χ0) is 14.4. The van der Waals surface area contributed by atoms with Crippen molar-refractivity contribution in [3.8, 4) is 0 Å². The average Bonchev–Trinajstić information content (AvgIpc) is 2.97. The molecule has 5 nitrogen and oxygen atoms in total. The zero-order valence-corrected chi connectivity index (χ0v) is 11.9. The van der Waals surface area contributed by atoms with Gasteiger partial charge in [0.25, 0.3) is 5.91 Å². The van der Waals surface area contributed by atoms with Gasteiger partial charge < -0.3 is 4.90 Å². The summed E-state index contributed by atoms with van der Waals surface area (Å²) in [5.41, 5.74) is 0.402. The van der Waals surface area contributed by atoms with E-state index in [9.17, 15) is 4.79 Å². The van der Waals surface area contributed by atoms with E-state index in [1.807, 2.05) is 4.68 Å². The zero-order valence-electron chi connectivity index (χ0n) is 11.9. The quantitative estimate of drug-likeness (QED) is 0.749. The normalized spacial score (nSPS) is 15.8. The molecule has 2 rings (SSSR count). The Morgan fingerprint density at radius 1 is 1.30 bits per heavy atom. The molecule has 20 heavy (non-hydrogen) atoms. The molecule has 1 aliphatic rings. The van der Waals surface area contributed by atoms with E-state index >= 15 is 0 Å². The van der Waals surface area contributed by atoms with Crippen molar-refractivity contribution in [2.45, 2.75) is 38.1 Å². The lowest BCUT2D eigenvalue weighted by Crippen LogP contribution is -2.31. The minimum absolute atomic E-state index is 0.119. The number of aromatic nitrogens is 3. The maximum atomic E-state index is 12.3. The molecule has 0 radical (unpaired) electrons. The molecule has 1 amide bonds. The van der Waals surface area contributed by atoms with E-state index in [0.29, 0.717) is 24.8 Å². The van der Waals surface area contributed by atoms with Crippen LogP contribution in [0.3, 0.4) is 0 Å². The summed E-state index contributed by atoms with van der Waals surface area (Å²) in [4.78, 5) is 14.0. The van der Waals surface area contributed by atoms with Crippen molar-refractivity contribution in [2.75, 3.05) is 13.1 Å². The highest BCUT2D eigenvalue weighted by atomic mass is 16.2. The van der Waals surface area contributed by atoms with Crippen LogP contribution in [-0.4, -0.2) is 38.9 Å². The molecule has 0 aromatic carbocycles. The van der Waals surface area contributed by atoms with Crippen LogP contribution in [0.25, 0.3) is 0 Å². The van der Waals surface area contributed by atoms with Crippen molar-refractivity contribution in [2.24, 2.45) is 0 Å². The molecule has 0 aliphatic heterocycles. The summed E-state index contributed by atoms with van der Waals surface area (Å²) in [5.74, 6) is -0.119. The highest BCUT2D eigenvalue weighted by Gasteiger charge is 2.21. The fourth-order valence-electron chi connectivity index (χ4n) is 2.61. The number of carbonyl (C=O) groups excluding carboxylic acids is 1. The number of rotatable bonds is 6. The first-order valence-electron chi connectivity index (χ1n) is 7.19. The Morgan fingerprint density at radius 2 is 1.95 bits per heavy atom. The van der Waals surface area contributed by atoms with Crippen molar-refractivity contribution < 1.29 is 4.79 Å². The molecule has 5 heteroatoms. The lowest BCUT2D eigenvalue weighted by Gasteiger charge is -2.21. The molecular formula is C15H22N4O. The van der Waals surface area contributed by atoms with Crippen molar-refractivity contribution in [3.63, 3.8) is 0 Å². The van der Waals surface area contributed by atoms with Crippen molar-refractivity contribution in [1.29, 1.82) is 0 Å². The summed E-state index contributed by atoms with van der Waals surface area (Å²) in [7, 11) is 0. The summed E-state index contributed by atoms with van der Waals surface area (Å²) in [5, 5.41) is 8.16. The largest absolute Gasteiger partial charge is 0.330 e. The van der Waals surface area contributed by atoms with Gasteiger partial charge in [0.2, 0.25) is 0 Å². The second-order valence-electron chi connectivity index (χ2n) is 5.16. The van der Waals surface area contributed by atoms with Gasteiger partial charge in [-0.25, -0.2) is 4.68 Å². The van der Waals surface area contributed by atoms with E-state index in [0.717, 1.165) is 12.8 Å². The van der Waals surface area contributed by atoms with Crippen LogP contribution in [0, 0.1) is 0 Å². The monoisotopic (exact) mass is 274 g/mol. The van der Waals surface area contributed by atoms with Gasteiger partial charge >= 0.3 is 0 Å². The number of carbonyl (C=O) groups is 1. The molecule has 1 aromatic heterocycles. The maximum Gasteiger partial charge on any atom is 0.276 e. The van der Waals surface area contributed by atoms with E-state index in [2.05, 4.69) is 23.5 Å². The predicted octanol–water partition coefficient (Wildman–Crippen LogP) is 2.60. The molecule has 108 valence electrons. The van der Waals surface area contributed by atoms with Crippen molar-refractivity contribution in [3.05, 3.63) is 37.2 Å². The molecule has 1 aromatic rings. The first kappa shape index (κ1) is 14.5. The van der Waals surface area contributed by atoms with Gasteiger partial charge in [-0.2, -0.15) is 0 Å². The van der Waals surface area contributed by atoms with Crippen LogP contribution in [-0.2, 0) is 0 Å². The van der Waals surface area contributed by atoms with Crippen LogP contribution in [0.4, 0.5) is 0 Å². The predicted molar refractivity (Wildman–Crippen MR) is 78.4 cm³/mol. The fourth-order valence-corrected chi connectivity index (χ4v) is 2.61. The highest BCUT2D eigenvalue weighted by Crippen LogP contribution is 2.27. The lowest BCUT2D eigenvalue weighted by molar-refractivity contribution is 0.0785. The molecule has 1 saturated carbocycles. The summed E-state index contributed by atoms with van der Waals surface area (Å²) in [6.07, 6.45) is 11.2. The maximum absolute atomic E-state index is 12.3. The smallest absolute Gasteiger partial charge is 0.276 e. The van der Waals surface area contributed by atoms with Gasteiger partial charge in [0.05, 0.1) is 12.2 Å². The molecule has 0 spiro atoms. The van der Waals surface area contributed by atoms with Crippen LogP contribution >= 0.6 is 0 Å². The van der Waals surface area contributed by atoms with Crippen LogP contribution in [0.1, 0.15) is 48.6 Å². The van der Waals surface area contributed by atoms with Crippen LogP contribution in [0.2, 0.25) is 0 Å². The van der Waals surface area contributed by atoms with Crippen LogP contribution < -0.4 is 0 Å². The SMILES string of the molecule is C=CCN(CC=C)C(=O)c1cn(C2CCCCC2)nn1. The van der Waals surface area contributed by atoms with E-state index in [4.69, 9.17) is 0 Å². The van der Waals surface area contributed by atoms with Crippen LogP contribution in [0.15, 0.2) is 31.5 Å². The molecule has 0 bridgehead atoms. The van der Waals surface area contributed by atoms with E-state index < -0.39 is 0 Å². The third-order valence-electron chi connectivity index (χ3n) is 3.66. The Hall–Kier alpha value is -1.91. The first-order valence-corrected chi connectivity index (χ1v) is 7.19. The number of amides is 1. The van der Waals surface area contributed by atoms with Gasteiger partial charge in [0, 0.05) is 13.1 Å². The van der Waals surface area contributed by atoms with Crippen LogP contribution in [0.5, 0.6) is 0 Å². The van der Waals surface area contributed by atoms with Gasteiger partial charge in [-0.3, -0.25) is 4.79 Å². The third-order valence-corrected chi connectivity index (χ3v) is 3.66. The third kappa shape index (κ3) is 3.35. The van der Waals surface area contributed by atoms with Gasteiger partial charge in [0.15, 0.2) is 5.69 Å². The Labute approximate surface area is 120 Å². The first-order chi connectivity index (χ1) is 9.76. The number of nitrogens with zero attached hydrogens (tertiary/aromatic N) is 4. The lowest BCUT2D eigenvalue weighted by atomic mass is 9.96. The molecule has 0 saturated heterocycles. The van der Waals surface area contributed by atoms with Gasteiger partial charge in [-0.1, -0.05) is 36.6 Å². The van der Waals surface area contributed by atoms with Crippen molar-refractivity contribution in [1.82, 2.24) is 19.9 Å². The number of hydrogen-bond donors (Lipinski definition) is 0. The van der Waals surface area contributed by atoms with Crippen molar-refractivity contribution >= 4 is 5.91 Å². The molecule has 1 fully saturated rings. The van der Waals surface area contributed by atoms with E-state index in [-0.39, 0.29) is 5.91 Å². The van der Waals surface area contributed by atoms with E-state index in [1.165, 1.54) is 19.3 Å². The topological polar surface area (TPSA) is 51.0 Å². The Balaban J connectivity index is 2.07. The van der Waals surface area contributed by atoms with E-state index in [1.54, 1.807) is 23.2 Å². The highest BCUT2D eigenvalue weighted by molar-refractivity contribution is 5.92. The summed E-state index contributed by atoms with van der Waals surface area (Å²) < 4.78 is 1.85. The molecule has 0 atom stereocenters. The van der Waals surface area contributed by atoms with Gasteiger partial charge in [-0.15, -0.1) is 18.3 Å². The molecule has 0 unspecified atom stereocenters. The van der Waals surface area contributed by atoms with Gasteiger partial charge in [0.1, 0.15) is 0 Å². The molecule has 0 N–H and O–H groups in total. The van der Waals surface area contributed by atoms with Gasteiger partial charge in [-0.05, 0) is 12.8 Å². The Morgan fingerprint density at radius 3 is 2.55 bits per heavy atom. The second-order valence-corrected chi connectivity index (χ2v) is 5.16. The molecule has 1 aliphatic carbocycles. The minimum Gasteiger partial charge on any atom is -0.330 e. The average molecular weight is 274 g/mol. The summed E-state index contributed by atoms with van der Waals surface area (Å²) >= 11 is 0. The number of hydrogen-bond acceptors (Lipinski definition) is 3. The molecule has 1 heterocycles. The summed E-state index contributed by atoms with van der Waals surface area (Å²) in [6.45, 7) is 8.31. The fraction of sp³-hybridized carbons (Fsp3) is 0.533. The Kier molecular flexibility index (Phi) is 5.09. The standard InChI is InChI=1S/C15H22N4O/c1-3-10-18(11-4-2)15(20)14-12-19(17-16-14)13-8-6-5-7-9-13/h3-4,12-13H,1-2,5-11H2. The second kappa shape index (κ2) is 7.03.